The van der Waals surface area contributed by atoms with Crippen LogP contribution in [0.25, 0.3) is 16.9 Å². The van der Waals surface area contributed by atoms with Crippen molar-refractivity contribution in [2.45, 2.75) is 107 Å². The minimum Gasteiger partial charge on any atom is -0.366 e. The first kappa shape index (κ1) is 39.4. The lowest BCUT2D eigenvalue weighted by atomic mass is 10.0. The Hall–Kier alpha value is -5.44. The van der Waals surface area contributed by atoms with Crippen LogP contribution in [0.15, 0.2) is 66.9 Å². The standard InChI is InChI=1S/C43H52N10O4S/c1-28-10-8-11-29(22-28)35-18-19-37-41(46-35)53(33-20-21-51(37)26-33)43(57)45-30-12-9-13-32(23-30)52-25-31(49-50-52)24-44-39(55)17-5-3-2-4-14-34(54)15-6-7-16-38-40-36(27-58-38)47-42(56)48-40/h8-13,18-19,22-23,25,33,36,38,40H,2-7,14-17,20-21,24,26-27H2,1H3,(H,44,55)(H,45,57)(H2,47,48,56)/t33-,36-,38?,40-/m0/s1. The number of aryl methyl sites for hydroxylation is 1. The highest BCUT2D eigenvalue weighted by Crippen LogP contribution is 2.40. The molecule has 5 amide bonds. The number of ketones is 1. The Morgan fingerprint density at radius 2 is 1.76 bits per heavy atom. The van der Waals surface area contributed by atoms with E-state index in [4.69, 9.17) is 4.98 Å². The molecule has 3 saturated heterocycles. The van der Waals surface area contributed by atoms with Crippen LogP contribution in [0.2, 0.25) is 0 Å². The Balaban J connectivity index is 0.746. The topological polar surface area (TPSA) is 166 Å². The SMILES string of the molecule is Cc1cccc(-c2ccc3c(n2)N(C(=O)Nc2cccc(-n4cc(CNC(=O)CCCCCCC(=O)CCCCC5SC[C@@H]6NC(=O)N[C@H]56)nn4)c2)[C@H]2CCN3C2)c1. The summed E-state index contributed by atoms with van der Waals surface area (Å²) in [5.41, 5.74) is 5.95. The number of fused-ring (bicyclic) bond motifs is 5. The maximum absolute atomic E-state index is 13.9. The molecule has 0 saturated carbocycles. The number of carbonyl (C=O) groups excluding carboxylic acids is 4. The number of amides is 5. The Kier molecular flexibility index (Phi) is 12.2. The third kappa shape index (κ3) is 9.30. The van der Waals surface area contributed by atoms with Gasteiger partial charge in [-0.1, -0.05) is 54.3 Å². The van der Waals surface area contributed by atoms with Crippen molar-refractivity contribution < 1.29 is 19.2 Å². The molecule has 1 unspecified atom stereocenters. The number of hydrogen-bond acceptors (Lipinski definition) is 9. The van der Waals surface area contributed by atoms with Gasteiger partial charge in [-0.3, -0.25) is 14.5 Å². The molecule has 4 aromatic rings. The lowest BCUT2D eigenvalue weighted by Gasteiger charge is -2.36. The molecule has 304 valence electrons. The average Bonchev–Trinajstić information content (AvgIpc) is 4.03. The number of aromatic nitrogens is 4. The summed E-state index contributed by atoms with van der Waals surface area (Å²) in [5, 5.41) is 21.0. The van der Waals surface area contributed by atoms with Gasteiger partial charge in [0, 0.05) is 54.6 Å². The summed E-state index contributed by atoms with van der Waals surface area (Å²) in [7, 11) is 0. The maximum Gasteiger partial charge on any atom is 0.327 e. The van der Waals surface area contributed by atoms with Crippen LogP contribution in [0.5, 0.6) is 0 Å². The molecule has 4 aliphatic rings. The minimum atomic E-state index is -0.228. The van der Waals surface area contributed by atoms with Crippen molar-refractivity contribution in [2.75, 3.05) is 34.0 Å². The highest BCUT2D eigenvalue weighted by Gasteiger charge is 2.43. The second kappa shape index (κ2) is 18.0. The van der Waals surface area contributed by atoms with Crippen molar-refractivity contribution in [1.82, 2.24) is 35.9 Å². The smallest absolute Gasteiger partial charge is 0.327 e. The molecular formula is C43H52N10O4S. The van der Waals surface area contributed by atoms with Crippen LogP contribution < -0.4 is 31.1 Å². The molecule has 15 heteroatoms. The number of nitrogens with zero attached hydrogens (tertiary/aromatic N) is 6. The van der Waals surface area contributed by atoms with E-state index in [1.807, 2.05) is 59.1 Å². The number of pyridine rings is 1. The van der Waals surface area contributed by atoms with E-state index < -0.39 is 0 Å². The summed E-state index contributed by atoms with van der Waals surface area (Å²) in [6, 6.07) is 20.0. The fraction of sp³-hybridized carbons (Fsp3) is 0.465. The van der Waals surface area contributed by atoms with Crippen molar-refractivity contribution in [3.63, 3.8) is 0 Å². The van der Waals surface area contributed by atoms with Gasteiger partial charge in [0.05, 0.1) is 47.9 Å². The number of thioether (sulfide) groups is 1. The van der Waals surface area contributed by atoms with Gasteiger partial charge in [-0.15, -0.1) is 5.10 Å². The molecule has 2 bridgehead atoms. The third-order valence-electron chi connectivity index (χ3n) is 11.6. The third-order valence-corrected chi connectivity index (χ3v) is 13.1. The number of Topliss-reactive ketones (excluding diaryl/α,β-unsaturated/α-hetero) is 1. The molecule has 0 aliphatic carbocycles. The van der Waals surface area contributed by atoms with Crippen LogP contribution in [0.1, 0.15) is 81.9 Å². The first-order valence-corrected chi connectivity index (χ1v) is 21.7. The van der Waals surface area contributed by atoms with Crippen LogP contribution >= 0.6 is 11.8 Å². The number of hydrogen-bond donors (Lipinski definition) is 4. The van der Waals surface area contributed by atoms with Crippen LogP contribution in [-0.4, -0.2) is 85.9 Å². The van der Waals surface area contributed by atoms with Crippen molar-refractivity contribution in [3.8, 4) is 16.9 Å². The molecule has 4 atom stereocenters. The van der Waals surface area contributed by atoms with Gasteiger partial charge in [0.1, 0.15) is 11.5 Å². The summed E-state index contributed by atoms with van der Waals surface area (Å²) < 4.78 is 1.64. The van der Waals surface area contributed by atoms with E-state index in [9.17, 15) is 19.2 Å². The van der Waals surface area contributed by atoms with Gasteiger partial charge >= 0.3 is 12.1 Å². The van der Waals surface area contributed by atoms with Crippen molar-refractivity contribution in [3.05, 3.63) is 78.1 Å². The number of anilines is 3. The summed E-state index contributed by atoms with van der Waals surface area (Å²) in [6.07, 6.45) is 10.7. The maximum atomic E-state index is 13.9. The number of carbonyl (C=O) groups is 4. The number of rotatable bonds is 17. The fourth-order valence-electron chi connectivity index (χ4n) is 8.53. The zero-order valence-corrected chi connectivity index (χ0v) is 33.8. The molecule has 14 nitrogen and oxygen atoms in total. The lowest BCUT2D eigenvalue weighted by Crippen LogP contribution is -2.48. The zero-order chi connectivity index (χ0) is 40.0. The summed E-state index contributed by atoms with van der Waals surface area (Å²) >= 11 is 1.91. The van der Waals surface area contributed by atoms with Gasteiger partial charge in [0.15, 0.2) is 5.82 Å². The number of unbranched alkanes of at least 4 members (excludes halogenated alkanes) is 4. The highest BCUT2D eigenvalue weighted by molar-refractivity contribution is 8.00. The van der Waals surface area contributed by atoms with E-state index in [1.165, 1.54) is 0 Å². The van der Waals surface area contributed by atoms with Gasteiger partial charge in [0.2, 0.25) is 5.91 Å². The van der Waals surface area contributed by atoms with E-state index in [0.29, 0.717) is 47.5 Å². The van der Waals surface area contributed by atoms with Crippen molar-refractivity contribution in [2.24, 2.45) is 0 Å². The summed E-state index contributed by atoms with van der Waals surface area (Å²) in [4.78, 5) is 59.6. The zero-order valence-electron chi connectivity index (χ0n) is 33.0. The normalized spacial score (nSPS) is 20.3. The summed E-state index contributed by atoms with van der Waals surface area (Å²) in [6.45, 7) is 3.98. The van der Waals surface area contributed by atoms with E-state index in [2.05, 4.69) is 61.6 Å². The predicted octanol–water partition coefficient (Wildman–Crippen LogP) is 6.52. The van der Waals surface area contributed by atoms with Crippen LogP contribution in [0.3, 0.4) is 0 Å². The van der Waals surface area contributed by atoms with E-state index in [-0.39, 0.29) is 42.6 Å². The Labute approximate surface area is 343 Å². The van der Waals surface area contributed by atoms with Gasteiger partial charge < -0.3 is 26.2 Å². The minimum absolute atomic E-state index is 0.0267. The van der Waals surface area contributed by atoms with E-state index in [0.717, 1.165) is 98.4 Å². The first-order valence-electron chi connectivity index (χ1n) is 20.7. The molecule has 2 aromatic carbocycles. The fourth-order valence-corrected chi connectivity index (χ4v) is 10.1. The Morgan fingerprint density at radius 1 is 0.931 bits per heavy atom. The number of nitrogens with one attached hydrogen (secondary N) is 4. The quantitative estimate of drug-likeness (QED) is 0.0687. The molecule has 58 heavy (non-hydrogen) atoms. The molecule has 0 spiro atoms. The highest BCUT2D eigenvalue weighted by atomic mass is 32.2. The van der Waals surface area contributed by atoms with Crippen molar-refractivity contribution in [1.29, 1.82) is 0 Å². The van der Waals surface area contributed by atoms with Gasteiger partial charge in [0.25, 0.3) is 0 Å². The summed E-state index contributed by atoms with van der Waals surface area (Å²) in [5.74, 6) is 1.91. The van der Waals surface area contributed by atoms with E-state index >= 15 is 0 Å². The molecule has 2 aromatic heterocycles. The Morgan fingerprint density at radius 3 is 2.62 bits per heavy atom. The molecule has 4 N–H and O–H groups in total. The second-order valence-corrected chi connectivity index (χ2v) is 17.2. The molecule has 8 rings (SSSR count). The first-order chi connectivity index (χ1) is 28.3. The molecule has 6 heterocycles. The van der Waals surface area contributed by atoms with Gasteiger partial charge in [-0.25, -0.2) is 19.3 Å². The molecular weight excluding hydrogens is 753 g/mol. The predicted molar refractivity (Wildman–Crippen MR) is 226 cm³/mol. The van der Waals surface area contributed by atoms with Crippen LogP contribution in [0.4, 0.5) is 26.8 Å². The average molecular weight is 805 g/mol. The van der Waals surface area contributed by atoms with Crippen molar-refractivity contribution >= 4 is 52.7 Å². The van der Waals surface area contributed by atoms with Crippen LogP contribution in [0, 0.1) is 6.92 Å². The molecule has 4 aliphatic heterocycles. The second-order valence-electron chi connectivity index (χ2n) is 15.9. The number of urea groups is 2. The van der Waals surface area contributed by atoms with Gasteiger partial charge in [-0.2, -0.15) is 11.8 Å². The molecule has 3 fully saturated rings. The largest absolute Gasteiger partial charge is 0.366 e. The molecule has 0 radical (unpaired) electrons. The number of benzene rings is 2. The lowest BCUT2D eigenvalue weighted by molar-refractivity contribution is -0.121. The van der Waals surface area contributed by atoms with Gasteiger partial charge in [-0.05, 0) is 75.4 Å². The van der Waals surface area contributed by atoms with E-state index in [1.54, 1.807) is 10.9 Å². The monoisotopic (exact) mass is 804 g/mol. The Bertz CT molecular complexity index is 2140. The van der Waals surface area contributed by atoms with Crippen LogP contribution in [-0.2, 0) is 16.1 Å².